The molecule has 3 rings (SSSR count). The molecule has 1 aromatic carbocycles. The van der Waals surface area contributed by atoms with E-state index in [9.17, 15) is 0 Å². The molecule has 1 aromatic heterocycles. The summed E-state index contributed by atoms with van der Waals surface area (Å²) >= 11 is 0. The Morgan fingerprint density at radius 2 is 1.88 bits per heavy atom. The lowest BCUT2D eigenvalue weighted by Gasteiger charge is -2.07. The SMILES string of the molecule is Cl.NCc1nnc2n1Cc1ccccc1CC2. The van der Waals surface area contributed by atoms with E-state index in [0.29, 0.717) is 6.54 Å². The maximum absolute atomic E-state index is 5.67. The summed E-state index contributed by atoms with van der Waals surface area (Å²) in [4.78, 5) is 0. The first kappa shape index (κ1) is 12.1. The van der Waals surface area contributed by atoms with Gasteiger partial charge in [-0.25, -0.2) is 0 Å². The Morgan fingerprint density at radius 1 is 1.12 bits per heavy atom. The second-order valence-corrected chi connectivity index (χ2v) is 4.09. The molecule has 0 unspecified atom stereocenters. The summed E-state index contributed by atoms with van der Waals surface area (Å²) in [5.41, 5.74) is 8.44. The Morgan fingerprint density at radius 3 is 2.65 bits per heavy atom. The maximum atomic E-state index is 5.67. The molecule has 5 heteroatoms. The van der Waals surface area contributed by atoms with Gasteiger partial charge in [-0.15, -0.1) is 22.6 Å². The monoisotopic (exact) mass is 250 g/mol. The van der Waals surface area contributed by atoms with Crippen LogP contribution in [0.25, 0.3) is 0 Å². The van der Waals surface area contributed by atoms with Crippen LogP contribution in [0.15, 0.2) is 24.3 Å². The minimum absolute atomic E-state index is 0. The van der Waals surface area contributed by atoms with Crippen LogP contribution in [0.2, 0.25) is 0 Å². The summed E-state index contributed by atoms with van der Waals surface area (Å²) in [5.74, 6) is 1.93. The lowest BCUT2D eigenvalue weighted by molar-refractivity contribution is 0.697. The van der Waals surface area contributed by atoms with Gasteiger partial charge in [0.25, 0.3) is 0 Å². The minimum Gasteiger partial charge on any atom is -0.324 e. The topological polar surface area (TPSA) is 56.7 Å². The van der Waals surface area contributed by atoms with Gasteiger partial charge in [0.05, 0.1) is 13.1 Å². The summed E-state index contributed by atoms with van der Waals surface area (Å²) < 4.78 is 2.14. The van der Waals surface area contributed by atoms with Crippen LogP contribution < -0.4 is 5.73 Å². The van der Waals surface area contributed by atoms with Crippen LogP contribution in [0.1, 0.15) is 22.8 Å². The number of hydrogen-bond acceptors (Lipinski definition) is 3. The van der Waals surface area contributed by atoms with Crippen molar-refractivity contribution in [1.29, 1.82) is 0 Å². The molecular formula is C12H15ClN4. The van der Waals surface area contributed by atoms with Gasteiger partial charge in [-0.05, 0) is 17.5 Å². The Balaban J connectivity index is 0.00000108. The van der Waals surface area contributed by atoms with Gasteiger partial charge in [0.15, 0.2) is 0 Å². The van der Waals surface area contributed by atoms with Gasteiger partial charge < -0.3 is 10.3 Å². The van der Waals surface area contributed by atoms with Crippen molar-refractivity contribution in [1.82, 2.24) is 14.8 Å². The predicted octanol–water partition coefficient (Wildman–Crippen LogP) is 1.31. The number of benzene rings is 1. The average Bonchev–Trinajstić information content (AvgIpc) is 2.61. The molecule has 0 saturated heterocycles. The summed E-state index contributed by atoms with van der Waals surface area (Å²) in [6.45, 7) is 1.31. The highest BCUT2D eigenvalue weighted by Crippen LogP contribution is 2.19. The second kappa shape index (κ2) is 4.85. The van der Waals surface area contributed by atoms with E-state index in [4.69, 9.17) is 5.73 Å². The van der Waals surface area contributed by atoms with Crippen molar-refractivity contribution in [2.75, 3.05) is 0 Å². The van der Waals surface area contributed by atoms with Gasteiger partial charge in [-0.2, -0.15) is 0 Å². The summed E-state index contributed by atoms with van der Waals surface area (Å²) in [7, 11) is 0. The zero-order valence-electron chi connectivity index (χ0n) is 9.47. The van der Waals surface area contributed by atoms with Crippen LogP contribution in [0.5, 0.6) is 0 Å². The summed E-state index contributed by atoms with van der Waals surface area (Å²) in [6.07, 6.45) is 1.99. The van der Waals surface area contributed by atoms with E-state index in [2.05, 4.69) is 39.0 Å². The van der Waals surface area contributed by atoms with Crippen LogP contribution in [0.4, 0.5) is 0 Å². The fourth-order valence-corrected chi connectivity index (χ4v) is 2.26. The normalized spacial score (nSPS) is 13.2. The Bertz CT molecular complexity index is 521. The zero-order chi connectivity index (χ0) is 11.0. The van der Waals surface area contributed by atoms with Crippen molar-refractivity contribution in [2.45, 2.75) is 25.9 Å². The molecule has 0 amide bonds. The molecule has 1 aliphatic heterocycles. The number of aromatic nitrogens is 3. The van der Waals surface area contributed by atoms with E-state index >= 15 is 0 Å². The second-order valence-electron chi connectivity index (χ2n) is 4.09. The third kappa shape index (κ3) is 2.06. The standard InChI is InChI=1S/C12H14N4.ClH/c13-7-12-15-14-11-6-5-9-3-1-2-4-10(9)8-16(11)12;/h1-4H,5-8,13H2;1H. The van der Waals surface area contributed by atoms with Crippen LogP contribution in [-0.2, 0) is 25.9 Å². The highest BCUT2D eigenvalue weighted by Gasteiger charge is 2.16. The first-order valence-electron chi connectivity index (χ1n) is 5.56. The van der Waals surface area contributed by atoms with Gasteiger partial charge in [-0.3, -0.25) is 0 Å². The van der Waals surface area contributed by atoms with Gasteiger partial charge in [-0.1, -0.05) is 24.3 Å². The van der Waals surface area contributed by atoms with Crippen molar-refractivity contribution in [3.63, 3.8) is 0 Å². The van der Waals surface area contributed by atoms with Crippen molar-refractivity contribution in [3.05, 3.63) is 47.0 Å². The number of fused-ring (bicyclic) bond motifs is 2. The molecule has 0 saturated carbocycles. The van der Waals surface area contributed by atoms with Crippen LogP contribution in [-0.4, -0.2) is 14.8 Å². The molecule has 4 nitrogen and oxygen atoms in total. The number of hydrogen-bond donors (Lipinski definition) is 1. The number of nitrogens with two attached hydrogens (primary N) is 1. The van der Waals surface area contributed by atoms with Gasteiger partial charge in [0, 0.05) is 6.42 Å². The molecule has 0 radical (unpaired) electrons. The molecule has 17 heavy (non-hydrogen) atoms. The smallest absolute Gasteiger partial charge is 0.147 e. The first-order valence-corrected chi connectivity index (χ1v) is 5.56. The van der Waals surface area contributed by atoms with Crippen LogP contribution in [0.3, 0.4) is 0 Å². The van der Waals surface area contributed by atoms with E-state index in [-0.39, 0.29) is 12.4 Å². The fraction of sp³-hybridized carbons (Fsp3) is 0.333. The quantitative estimate of drug-likeness (QED) is 0.830. The van der Waals surface area contributed by atoms with Gasteiger partial charge in [0.2, 0.25) is 0 Å². The number of rotatable bonds is 1. The molecule has 2 heterocycles. The van der Waals surface area contributed by atoms with E-state index in [1.54, 1.807) is 0 Å². The van der Waals surface area contributed by atoms with Crippen LogP contribution >= 0.6 is 12.4 Å². The van der Waals surface area contributed by atoms with Gasteiger partial charge >= 0.3 is 0 Å². The third-order valence-corrected chi connectivity index (χ3v) is 3.15. The molecule has 0 fully saturated rings. The van der Waals surface area contributed by atoms with Gasteiger partial charge in [0.1, 0.15) is 11.6 Å². The minimum atomic E-state index is 0. The lowest BCUT2D eigenvalue weighted by Crippen LogP contribution is -2.10. The predicted molar refractivity (Wildman–Crippen MR) is 68.1 cm³/mol. The number of nitrogens with zero attached hydrogens (tertiary/aromatic N) is 3. The molecular weight excluding hydrogens is 236 g/mol. The molecule has 0 spiro atoms. The summed E-state index contributed by atoms with van der Waals surface area (Å²) in [6, 6.07) is 8.54. The Hall–Kier alpha value is -1.39. The lowest BCUT2D eigenvalue weighted by atomic mass is 10.0. The average molecular weight is 251 g/mol. The fourth-order valence-electron chi connectivity index (χ4n) is 2.26. The highest BCUT2D eigenvalue weighted by molar-refractivity contribution is 5.85. The molecule has 2 N–H and O–H groups in total. The maximum Gasteiger partial charge on any atom is 0.147 e. The van der Waals surface area contributed by atoms with E-state index in [1.807, 2.05) is 0 Å². The highest BCUT2D eigenvalue weighted by atomic mass is 35.5. The molecule has 0 aliphatic carbocycles. The molecule has 90 valence electrons. The number of halogens is 1. The Labute approximate surface area is 106 Å². The van der Waals surface area contributed by atoms with Crippen LogP contribution in [0, 0.1) is 0 Å². The third-order valence-electron chi connectivity index (χ3n) is 3.15. The van der Waals surface area contributed by atoms with E-state index in [0.717, 1.165) is 31.0 Å². The van der Waals surface area contributed by atoms with Crippen molar-refractivity contribution in [2.24, 2.45) is 5.73 Å². The first-order chi connectivity index (χ1) is 7.88. The van der Waals surface area contributed by atoms with Crippen molar-refractivity contribution >= 4 is 12.4 Å². The van der Waals surface area contributed by atoms with E-state index < -0.39 is 0 Å². The van der Waals surface area contributed by atoms with E-state index in [1.165, 1.54) is 11.1 Å². The van der Waals surface area contributed by atoms with Crippen molar-refractivity contribution < 1.29 is 0 Å². The number of aryl methyl sites for hydroxylation is 2. The Kier molecular flexibility index (Phi) is 3.45. The molecule has 0 atom stereocenters. The summed E-state index contributed by atoms with van der Waals surface area (Å²) in [5, 5.41) is 8.32. The zero-order valence-corrected chi connectivity index (χ0v) is 10.3. The van der Waals surface area contributed by atoms with Crippen molar-refractivity contribution in [3.8, 4) is 0 Å². The molecule has 0 bridgehead atoms. The molecule has 2 aromatic rings. The molecule has 1 aliphatic rings. The largest absolute Gasteiger partial charge is 0.324 e.